The molecular weight excluding hydrogens is 223 g/mol. The standard InChI is InChI=1S/C8H10Cl2N4/c9-6-5-12-8(13-7(6)10)14-3-1-11-2-4-14/h5,11H,1-4H2. The molecule has 0 radical (unpaired) electrons. The summed E-state index contributed by atoms with van der Waals surface area (Å²) in [4.78, 5) is 10.3. The average molecular weight is 233 g/mol. The van der Waals surface area contributed by atoms with Gasteiger partial charge in [-0.2, -0.15) is 4.98 Å². The van der Waals surface area contributed by atoms with Gasteiger partial charge in [0.25, 0.3) is 0 Å². The second-order valence-corrected chi connectivity index (χ2v) is 3.81. The fourth-order valence-electron chi connectivity index (χ4n) is 1.35. The van der Waals surface area contributed by atoms with E-state index < -0.39 is 0 Å². The molecule has 1 aliphatic heterocycles. The third-order valence-electron chi connectivity index (χ3n) is 2.09. The molecule has 1 saturated heterocycles. The lowest BCUT2D eigenvalue weighted by Crippen LogP contribution is -2.44. The zero-order valence-corrected chi connectivity index (χ0v) is 9.02. The van der Waals surface area contributed by atoms with Gasteiger partial charge in [0, 0.05) is 26.2 Å². The Hall–Kier alpha value is -0.580. The summed E-state index contributed by atoms with van der Waals surface area (Å²) in [5, 5.41) is 3.96. The minimum absolute atomic E-state index is 0.315. The van der Waals surface area contributed by atoms with E-state index in [-0.39, 0.29) is 0 Å². The van der Waals surface area contributed by atoms with Crippen LogP contribution in [0.5, 0.6) is 0 Å². The summed E-state index contributed by atoms with van der Waals surface area (Å²) in [7, 11) is 0. The van der Waals surface area contributed by atoms with Gasteiger partial charge in [-0.3, -0.25) is 0 Å². The molecule has 76 valence electrons. The molecule has 2 heterocycles. The Morgan fingerprint density at radius 1 is 1.29 bits per heavy atom. The second kappa shape index (κ2) is 4.29. The third kappa shape index (κ3) is 2.08. The number of anilines is 1. The minimum Gasteiger partial charge on any atom is -0.338 e. The van der Waals surface area contributed by atoms with Crippen molar-refractivity contribution in [3.63, 3.8) is 0 Å². The smallest absolute Gasteiger partial charge is 0.226 e. The summed E-state index contributed by atoms with van der Waals surface area (Å²) < 4.78 is 0. The quantitative estimate of drug-likeness (QED) is 0.740. The molecule has 0 saturated carbocycles. The van der Waals surface area contributed by atoms with E-state index in [1.807, 2.05) is 0 Å². The van der Waals surface area contributed by atoms with E-state index in [1.54, 1.807) is 0 Å². The van der Waals surface area contributed by atoms with Gasteiger partial charge >= 0.3 is 0 Å². The van der Waals surface area contributed by atoms with Crippen LogP contribution in [-0.2, 0) is 0 Å². The van der Waals surface area contributed by atoms with Crippen molar-refractivity contribution in [3.05, 3.63) is 16.4 Å². The maximum Gasteiger partial charge on any atom is 0.226 e. The lowest BCUT2D eigenvalue weighted by Gasteiger charge is -2.27. The first-order chi connectivity index (χ1) is 6.77. The van der Waals surface area contributed by atoms with E-state index in [0.717, 1.165) is 26.2 Å². The van der Waals surface area contributed by atoms with Crippen LogP contribution < -0.4 is 10.2 Å². The highest BCUT2D eigenvalue weighted by Crippen LogP contribution is 2.20. The van der Waals surface area contributed by atoms with Crippen LogP contribution in [0.15, 0.2) is 6.20 Å². The number of halogens is 2. The second-order valence-electron chi connectivity index (χ2n) is 3.05. The van der Waals surface area contributed by atoms with Crippen molar-refractivity contribution in [2.45, 2.75) is 0 Å². The predicted molar refractivity (Wildman–Crippen MR) is 57.1 cm³/mol. The van der Waals surface area contributed by atoms with Crippen molar-refractivity contribution in [2.75, 3.05) is 31.1 Å². The SMILES string of the molecule is Clc1cnc(N2CCNCC2)nc1Cl. The van der Waals surface area contributed by atoms with Crippen LogP contribution in [0.25, 0.3) is 0 Å². The van der Waals surface area contributed by atoms with Gasteiger partial charge < -0.3 is 10.2 Å². The lowest BCUT2D eigenvalue weighted by atomic mass is 10.4. The Labute approximate surface area is 92.2 Å². The minimum atomic E-state index is 0.315. The fraction of sp³-hybridized carbons (Fsp3) is 0.500. The van der Waals surface area contributed by atoms with E-state index >= 15 is 0 Å². The zero-order chi connectivity index (χ0) is 9.97. The van der Waals surface area contributed by atoms with Crippen LogP contribution in [0.2, 0.25) is 10.2 Å². The van der Waals surface area contributed by atoms with Crippen molar-refractivity contribution in [2.24, 2.45) is 0 Å². The van der Waals surface area contributed by atoms with E-state index in [2.05, 4.69) is 20.2 Å². The summed E-state index contributed by atoms with van der Waals surface area (Å²) in [5.41, 5.74) is 0. The van der Waals surface area contributed by atoms with Gasteiger partial charge in [0.2, 0.25) is 5.95 Å². The molecule has 0 bridgehead atoms. The van der Waals surface area contributed by atoms with Crippen molar-refractivity contribution in [3.8, 4) is 0 Å². The molecule has 1 fully saturated rings. The molecule has 1 aromatic rings. The highest BCUT2D eigenvalue weighted by atomic mass is 35.5. The normalized spacial score (nSPS) is 17.1. The van der Waals surface area contributed by atoms with Gasteiger partial charge in [-0.1, -0.05) is 23.2 Å². The Morgan fingerprint density at radius 3 is 2.64 bits per heavy atom. The van der Waals surface area contributed by atoms with Crippen LogP contribution in [-0.4, -0.2) is 36.1 Å². The summed E-state index contributed by atoms with van der Waals surface area (Å²) in [6.45, 7) is 3.70. The molecule has 14 heavy (non-hydrogen) atoms. The van der Waals surface area contributed by atoms with Gasteiger partial charge in [0.15, 0.2) is 5.15 Å². The molecule has 0 spiro atoms. The largest absolute Gasteiger partial charge is 0.338 e. The van der Waals surface area contributed by atoms with Gasteiger partial charge in [0.05, 0.1) is 11.2 Å². The van der Waals surface area contributed by atoms with E-state index in [4.69, 9.17) is 23.2 Å². The predicted octanol–water partition coefficient (Wildman–Crippen LogP) is 1.19. The first kappa shape index (κ1) is 9.96. The monoisotopic (exact) mass is 232 g/mol. The van der Waals surface area contributed by atoms with Crippen LogP contribution in [0.1, 0.15) is 0 Å². The Balaban J connectivity index is 2.18. The van der Waals surface area contributed by atoms with Crippen LogP contribution in [0.3, 0.4) is 0 Å². The van der Waals surface area contributed by atoms with Gasteiger partial charge in [0.1, 0.15) is 0 Å². The maximum absolute atomic E-state index is 5.81. The third-order valence-corrected chi connectivity index (χ3v) is 2.75. The van der Waals surface area contributed by atoms with Gasteiger partial charge in [-0.05, 0) is 0 Å². The molecule has 0 aromatic carbocycles. The van der Waals surface area contributed by atoms with Crippen LogP contribution in [0, 0.1) is 0 Å². The molecule has 0 amide bonds. The highest BCUT2D eigenvalue weighted by Gasteiger charge is 2.13. The topological polar surface area (TPSA) is 41.1 Å². The first-order valence-electron chi connectivity index (χ1n) is 4.41. The van der Waals surface area contributed by atoms with Crippen molar-refractivity contribution >= 4 is 29.2 Å². The number of rotatable bonds is 1. The fourth-order valence-corrected chi connectivity index (χ4v) is 1.57. The van der Waals surface area contributed by atoms with Crippen molar-refractivity contribution in [1.82, 2.24) is 15.3 Å². The van der Waals surface area contributed by atoms with Gasteiger partial charge in [-0.15, -0.1) is 0 Å². The molecule has 4 nitrogen and oxygen atoms in total. The van der Waals surface area contributed by atoms with E-state index in [9.17, 15) is 0 Å². The highest BCUT2D eigenvalue weighted by molar-refractivity contribution is 6.41. The summed E-state index contributed by atoms with van der Waals surface area (Å²) in [6.07, 6.45) is 1.54. The van der Waals surface area contributed by atoms with Crippen LogP contribution in [0.4, 0.5) is 5.95 Å². The number of hydrogen-bond acceptors (Lipinski definition) is 4. The van der Waals surface area contributed by atoms with E-state index in [0.29, 0.717) is 16.1 Å². The molecule has 0 atom stereocenters. The molecule has 2 rings (SSSR count). The molecule has 0 aliphatic carbocycles. The zero-order valence-electron chi connectivity index (χ0n) is 7.50. The number of nitrogens with one attached hydrogen (secondary N) is 1. The summed E-state index contributed by atoms with van der Waals surface area (Å²) >= 11 is 11.5. The molecule has 1 aliphatic rings. The van der Waals surface area contributed by atoms with E-state index in [1.165, 1.54) is 6.20 Å². The number of nitrogens with zero attached hydrogens (tertiary/aromatic N) is 3. The number of hydrogen-bond donors (Lipinski definition) is 1. The lowest BCUT2D eigenvalue weighted by molar-refractivity contribution is 0.580. The van der Waals surface area contributed by atoms with Crippen molar-refractivity contribution < 1.29 is 0 Å². The van der Waals surface area contributed by atoms with Crippen molar-refractivity contribution in [1.29, 1.82) is 0 Å². The summed E-state index contributed by atoms with van der Waals surface area (Å²) in [5.74, 6) is 0.654. The van der Waals surface area contributed by atoms with Gasteiger partial charge in [-0.25, -0.2) is 4.98 Å². The number of aromatic nitrogens is 2. The van der Waals surface area contributed by atoms with Crippen LogP contribution >= 0.6 is 23.2 Å². The molecule has 0 unspecified atom stereocenters. The molecule has 6 heteroatoms. The molecule has 1 N–H and O–H groups in total. The molecular formula is C8H10Cl2N4. The number of piperazine rings is 1. The Morgan fingerprint density at radius 2 is 2.00 bits per heavy atom. The Bertz CT molecular complexity index is 325. The average Bonchev–Trinajstić information content (AvgIpc) is 2.23. The summed E-state index contributed by atoms with van der Waals surface area (Å²) in [6, 6.07) is 0. The first-order valence-corrected chi connectivity index (χ1v) is 5.16. The maximum atomic E-state index is 5.81. The molecule has 1 aromatic heterocycles. The Kier molecular flexibility index (Phi) is 3.05.